The second-order valence-corrected chi connectivity index (χ2v) is 6.87. The summed E-state index contributed by atoms with van der Waals surface area (Å²) in [5.41, 5.74) is 1.67. The number of allylic oxidation sites excluding steroid dienone is 1. The summed E-state index contributed by atoms with van der Waals surface area (Å²) >= 11 is 0. The second kappa shape index (κ2) is 8.63. The van der Waals surface area contributed by atoms with Crippen molar-refractivity contribution < 1.29 is 18.8 Å². The lowest BCUT2D eigenvalue weighted by Gasteiger charge is -2.16. The van der Waals surface area contributed by atoms with E-state index < -0.39 is 0 Å². The molecular weight excluding hydrogens is 384 g/mol. The molecule has 30 heavy (non-hydrogen) atoms. The van der Waals surface area contributed by atoms with Gasteiger partial charge >= 0.3 is 0 Å². The van der Waals surface area contributed by atoms with Crippen LogP contribution in [0.25, 0.3) is 28.3 Å². The van der Waals surface area contributed by atoms with Gasteiger partial charge in [-0.15, -0.1) is 10.2 Å². The molecule has 1 aromatic carbocycles. The number of nitrogens with zero attached hydrogens (tertiary/aromatic N) is 4. The zero-order valence-electron chi connectivity index (χ0n) is 16.4. The van der Waals surface area contributed by atoms with E-state index in [1.807, 2.05) is 31.2 Å². The number of aliphatic hydroxyl groups excluding tert-OH is 1. The number of furan rings is 1. The van der Waals surface area contributed by atoms with Crippen molar-refractivity contribution in [1.29, 1.82) is 5.26 Å². The van der Waals surface area contributed by atoms with Crippen LogP contribution in [0.1, 0.15) is 25.1 Å². The van der Waals surface area contributed by atoms with Crippen LogP contribution in [0.2, 0.25) is 0 Å². The monoisotopic (exact) mass is 405 g/mol. The zero-order chi connectivity index (χ0) is 20.9. The summed E-state index contributed by atoms with van der Waals surface area (Å²) in [6, 6.07) is 13.0. The maximum absolute atomic E-state index is 10.7. The third kappa shape index (κ3) is 4.09. The van der Waals surface area contributed by atoms with Crippen molar-refractivity contribution in [1.82, 2.24) is 20.2 Å². The van der Waals surface area contributed by atoms with Gasteiger partial charge in [0.15, 0.2) is 23.9 Å². The molecule has 0 radical (unpaired) electrons. The normalized spacial score (nSPS) is 13.2. The molecule has 0 saturated carbocycles. The Labute approximate surface area is 172 Å². The molecular formula is C21H21N6O3+. The highest BCUT2D eigenvalue weighted by atomic mass is 16.4. The number of aliphatic hydroxyl groups is 1. The minimum absolute atomic E-state index is 0.0363. The van der Waals surface area contributed by atoms with E-state index in [1.165, 1.54) is 6.26 Å². The fourth-order valence-corrected chi connectivity index (χ4v) is 3.28. The van der Waals surface area contributed by atoms with E-state index in [4.69, 9.17) is 8.83 Å². The maximum atomic E-state index is 10.7. The SMILES string of the molecule is CCC[NH+](C/C(O)=C(\C#N)c1nc2ccccc2[nH]1)Cc1nnc(-c2ccco2)o1. The number of aromatic amines is 1. The van der Waals surface area contributed by atoms with E-state index >= 15 is 0 Å². The van der Waals surface area contributed by atoms with Crippen LogP contribution < -0.4 is 4.90 Å². The number of rotatable bonds is 8. The molecule has 1 atom stereocenters. The molecule has 152 valence electrons. The van der Waals surface area contributed by atoms with Crippen molar-refractivity contribution in [3.63, 3.8) is 0 Å². The Hall–Kier alpha value is -3.90. The van der Waals surface area contributed by atoms with Crippen molar-refractivity contribution in [2.75, 3.05) is 13.1 Å². The average molecular weight is 405 g/mol. The number of quaternary nitrogens is 1. The van der Waals surface area contributed by atoms with E-state index in [0.717, 1.165) is 28.9 Å². The topological polar surface area (TPSA) is 129 Å². The number of fused-ring (bicyclic) bond motifs is 1. The minimum Gasteiger partial charge on any atom is -0.506 e. The standard InChI is InChI=1S/C21H20N6O3/c1-2-9-27(13-19-25-26-21(30-19)18-8-5-10-29-18)12-17(28)14(11-22)20-23-15-6-3-4-7-16(15)24-20/h3-8,10,28H,2,9,12-13H2,1H3,(H,23,24)/p+1/b17-14-. The third-order valence-corrected chi connectivity index (χ3v) is 4.65. The largest absolute Gasteiger partial charge is 0.506 e. The van der Waals surface area contributed by atoms with Crippen LogP contribution in [0.4, 0.5) is 0 Å². The van der Waals surface area contributed by atoms with Gasteiger partial charge in [-0.3, -0.25) is 0 Å². The predicted octanol–water partition coefficient (Wildman–Crippen LogP) is 2.49. The molecule has 4 aromatic rings. The van der Waals surface area contributed by atoms with E-state index in [1.54, 1.807) is 12.1 Å². The lowest BCUT2D eigenvalue weighted by molar-refractivity contribution is -0.911. The molecule has 3 aromatic heterocycles. The highest BCUT2D eigenvalue weighted by Crippen LogP contribution is 2.19. The van der Waals surface area contributed by atoms with Crippen LogP contribution in [0.5, 0.6) is 0 Å². The Balaban J connectivity index is 1.54. The molecule has 0 saturated heterocycles. The molecule has 0 bridgehead atoms. The number of aromatic nitrogens is 4. The van der Waals surface area contributed by atoms with E-state index in [0.29, 0.717) is 29.9 Å². The summed E-state index contributed by atoms with van der Waals surface area (Å²) in [6.45, 7) is 3.44. The first-order valence-electron chi connectivity index (χ1n) is 9.65. The number of nitriles is 1. The molecule has 9 heteroatoms. The first-order valence-corrected chi connectivity index (χ1v) is 9.65. The lowest BCUT2D eigenvalue weighted by Crippen LogP contribution is -3.11. The number of H-pyrrole nitrogens is 1. The molecule has 0 aliphatic rings. The summed E-state index contributed by atoms with van der Waals surface area (Å²) in [5.74, 6) is 1.56. The molecule has 3 N–H and O–H groups in total. The van der Waals surface area contributed by atoms with E-state index in [9.17, 15) is 10.4 Å². The zero-order valence-corrected chi connectivity index (χ0v) is 16.4. The highest BCUT2D eigenvalue weighted by molar-refractivity contribution is 5.82. The number of hydrogen-bond acceptors (Lipinski definition) is 7. The van der Waals surface area contributed by atoms with Gasteiger partial charge in [-0.1, -0.05) is 19.1 Å². The molecule has 0 spiro atoms. The van der Waals surface area contributed by atoms with Crippen LogP contribution in [0.15, 0.2) is 57.3 Å². The molecule has 4 rings (SSSR count). The molecule has 0 aliphatic carbocycles. The predicted molar refractivity (Wildman–Crippen MR) is 108 cm³/mol. The van der Waals surface area contributed by atoms with Gasteiger partial charge in [0.1, 0.15) is 18.2 Å². The average Bonchev–Trinajstić information content (AvgIpc) is 3.49. The Morgan fingerprint density at radius 2 is 2.10 bits per heavy atom. The lowest BCUT2D eigenvalue weighted by atomic mass is 10.2. The van der Waals surface area contributed by atoms with E-state index in [-0.39, 0.29) is 17.9 Å². The number of nitrogens with one attached hydrogen (secondary N) is 2. The number of para-hydroxylation sites is 2. The van der Waals surface area contributed by atoms with Gasteiger partial charge in [0.2, 0.25) is 0 Å². The summed E-state index contributed by atoms with van der Waals surface area (Å²) < 4.78 is 11.0. The van der Waals surface area contributed by atoms with Crippen molar-refractivity contribution >= 4 is 16.6 Å². The fourth-order valence-electron chi connectivity index (χ4n) is 3.28. The molecule has 0 aliphatic heterocycles. The van der Waals surface area contributed by atoms with Gasteiger partial charge in [-0.2, -0.15) is 5.26 Å². The number of hydrogen-bond donors (Lipinski definition) is 3. The Morgan fingerprint density at radius 1 is 1.23 bits per heavy atom. The Morgan fingerprint density at radius 3 is 2.83 bits per heavy atom. The third-order valence-electron chi connectivity index (χ3n) is 4.65. The quantitative estimate of drug-likeness (QED) is 0.303. The summed E-state index contributed by atoms with van der Waals surface area (Å²) in [4.78, 5) is 8.49. The van der Waals surface area contributed by atoms with Crippen LogP contribution in [0.3, 0.4) is 0 Å². The minimum atomic E-state index is -0.0363. The molecule has 3 heterocycles. The second-order valence-electron chi connectivity index (χ2n) is 6.87. The first kappa shape index (κ1) is 19.4. The highest BCUT2D eigenvalue weighted by Gasteiger charge is 2.21. The van der Waals surface area contributed by atoms with Gasteiger partial charge in [0.25, 0.3) is 11.8 Å². The Kier molecular flexibility index (Phi) is 5.59. The van der Waals surface area contributed by atoms with Crippen molar-refractivity contribution in [3.05, 3.63) is 60.1 Å². The number of benzene rings is 1. The maximum Gasteiger partial charge on any atom is 0.283 e. The fraction of sp³-hybridized carbons (Fsp3) is 0.238. The van der Waals surface area contributed by atoms with Gasteiger partial charge in [0.05, 0.1) is 23.8 Å². The van der Waals surface area contributed by atoms with Gasteiger partial charge in [0, 0.05) is 0 Å². The smallest absolute Gasteiger partial charge is 0.283 e. The van der Waals surface area contributed by atoms with Crippen LogP contribution in [0, 0.1) is 11.3 Å². The first-order chi connectivity index (χ1) is 14.7. The van der Waals surface area contributed by atoms with Gasteiger partial charge < -0.3 is 23.8 Å². The summed E-state index contributed by atoms with van der Waals surface area (Å²) in [5, 5.41) is 28.4. The Bertz CT molecular complexity index is 1170. The van der Waals surface area contributed by atoms with E-state index in [2.05, 4.69) is 26.2 Å². The van der Waals surface area contributed by atoms with Gasteiger partial charge in [-0.05, 0) is 30.7 Å². The van der Waals surface area contributed by atoms with Crippen LogP contribution >= 0.6 is 0 Å². The van der Waals surface area contributed by atoms with Gasteiger partial charge in [-0.25, -0.2) is 4.98 Å². The van der Waals surface area contributed by atoms with Crippen molar-refractivity contribution in [2.45, 2.75) is 19.9 Å². The number of imidazole rings is 1. The molecule has 9 nitrogen and oxygen atoms in total. The van der Waals surface area contributed by atoms with Crippen molar-refractivity contribution in [2.24, 2.45) is 0 Å². The van der Waals surface area contributed by atoms with Crippen molar-refractivity contribution in [3.8, 4) is 17.7 Å². The van der Waals surface area contributed by atoms with Crippen LogP contribution in [-0.2, 0) is 6.54 Å². The molecule has 0 amide bonds. The molecule has 0 fully saturated rings. The summed E-state index contributed by atoms with van der Waals surface area (Å²) in [7, 11) is 0. The van der Waals surface area contributed by atoms with Crippen LogP contribution in [-0.4, -0.2) is 38.4 Å². The summed E-state index contributed by atoms with van der Waals surface area (Å²) in [6.07, 6.45) is 2.42. The molecule has 1 unspecified atom stereocenters.